The summed E-state index contributed by atoms with van der Waals surface area (Å²) in [4.78, 5) is 11.2. The second-order valence-electron chi connectivity index (χ2n) is 4.46. The van der Waals surface area contributed by atoms with Gasteiger partial charge < -0.3 is 4.57 Å². The molecule has 94 valence electrons. The second kappa shape index (κ2) is 4.90. The van der Waals surface area contributed by atoms with Crippen molar-refractivity contribution in [2.75, 3.05) is 0 Å². The molecule has 2 aromatic carbocycles. The molecule has 0 atom stereocenters. The van der Waals surface area contributed by atoms with Crippen LogP contribution in [0.25, 0.3) is 10.9 Å². The van der Waals surface area contributed by atoms with E-state index in [4.69, 9.17) is 11.6 Å². The molecule has 3 heteroatoms. The smallest absolute Gasteiger partial charge is 0.166 e. The van der Waals surface area contributed by atoms with Crippen LogP contribution in [-0.4, -0.2) is 10.9 Å². The highest BCUT2D eigenvalue weighted by Gasteiger charge is 2.08. The maximum atomic E-state index is 11.2. The summed E-state index contributed by atoms with van der Waals surface area (Å²) >= 11 is 5.99. The molecule has 0 spiro atoms. The number of rotatable bonds is 3. The van der Waals surface area contributed by atoms with Gasteiger partial charge in [0.2, 0.25) is 0 Å². The number of hydrogen-bond donors (Lipinski definition) is 0. The summed E-state index contributed by atoms with van der Waals surface area (Å²) < 4.78 is 2.01. The zero-order valence-corrected chi connectivity index (χ0v) is 11.0. The molecule has 0 amide bonds. The maximum absolute atomic E-state index is 11.2. The Bertz CT molecular complexity index is 731. The fraction of sp³-hybridized carbons (Fsp3) is 0.0625. The van der Waals surface area contributed by atoms with E-state index in [1.165, 1.54) is 0 Å². The van der Waals surface area contributed by atoms with Crippen LogP contribution in [0, 0.1) is 0 Å². The lowest BCUT2D eigenvalue weighted by atomic mass is 10.2. The molecule has 0 unspecified atom stereocenters. The molecular formula is C16H12ClNO. The molecule has 1 heterocycles. The van der Waals surface area contributed by atoms with Gasteiger partial charge in [0.1, 0.15) is 0 Å². The Morgan fingerprint density at radius 1 is 1.05 bits per heavy atom. The van der Waals surface area contributed by atoms with Crippen molar-refractivity contribution in [3.8, 4) is 0 Å². The fourth-order valence-electron chi connectivity index (χ4n) is 2.30. The summed E-state index contributed by atoms with van der Waals surface area (Å²) in [5.74, 6) is 0. The van der Waals surface area contributed by atoms with Crippen molar-refractivity contribution in [1.29, 1.82) is 0 Å². The Morgan fingerprint density at radius 3 is 2.58 bits per heavy atom. The van der Waals surface area contributed by atoms with E-state index in [2.05, 4.69) is 12.1 Å². The highest BCUT2D eigenvalue weighted by molar-refractivity contribution is 6.31. The van der Waals surface area contributed by atoms with Crippen LogP contribution in [0.3, 0.4) is 0 Å². The Labute approximate surface area is 116 Å². The average molecular weight is 270 g/mol. The van der Waals surface area contributed by atoms with E-state index in [0.29, 0.717) is 17.3 Å². The number of benzene rings is 2. The topological polar surface area (TPSA) is 22.0 Å². The van der Waals surface area contributed by atoms with Gasteiger partial charge in [0.05, 0.1) is 5.69 Å². The van der Waals surface area contributed by atoms with Crippen LogP contribution < -0.4 is 0 Å². The van der Waals surface area contributed by atoms with Crippen LogP contribution in [0.2, 0.25) is 5.02 Å². The fourth-order valence-corrected chi connectivity index (χ4v) is 2.48. The molecule has 0 saturated carbocycles. The first-order valence-corrected chi connectivity index (χ1v) is 6.43. The molecule has 0 aliphatic heterocycles. The predicted octanol–water partition coefficient (Wildman–Crippen LogP) is 4.16. The molecule has 0 aliphatic rings. The highest BCUT2D eigenvalue weighted by Crippen LogP contribution is 2.23. The van der Waals surface area contributed by atoms with Crippen molar-refractivity contribution in [2.45, 2.75) is 6.54 Å². The van der Waals surface area contributed by atoms with Gasteiger partial charge in [-0.05, 0) is 29.8 Å². The molecule has 0 bridgehead atoms. The number of nitrogens with zero attached hydrogens (tertiary/aromatic N) is 1. The van der Waals surface area contributed by atoms with Crippen molar-refractivity contribution in [2.24, 2.45) is 0 Å². The van der Waals surface area contributed by atoms with Crippen LogP contribution in [0.1, 0.15) is 16.1 Å². The summed E-state index contributed by atoms with van der Waals surface area (Å²) in [7, 11) is 0. The van der Waals surface area contributed by atoms with E-state index < -0.39 is 0 Å². The van der Waals surface area contributed by atoms with Crippen molar-refractivity contribution in [1.82, 2.24) is 4.57 Å². The van der Waals surface area contributed by atoms with Gasteiger partial charge in [-0.25, -0.2) is 0 Å². The van der Waals surface area contributed by atoms with Crippen molar-refractivity contribution in [3.05, 3.63) is 70.9 Å². The lowest BCUT2D eigenvalue weighted by Crippen LogP contribution is -2.03. The van der Waals surface area contributed by atoms with E-state index in [9.17, 15) is 4.79 Å². The van der Waals surface area contributed by atoms with E-state index in [-0.39, 0.29) is 0 Å². The first kappa shape index (κ1) is 12.0. The number of aromatic nitrogens is 1. The minimum atomic E-state index is 0.668. The maximum Gasteiger partial charge on any atom is 0.166 e. The molecule has 0 aliphatic carbocycles. The largest absolute Gasteiger partial charge is 0.334 e. The van der Waals surface area contributed by atoms with Crippen LogP contribution >= 0.6 is 11.6 Å². The first-order chi connectivity index (χ1) is 9.28. The van der Waals surface area contributed by atoms with Crippen LogP contribution in [0.15, 0.2) is 54.6 Å². The minimum absolute atomic E-state index is 0.668. The quantitative estimate of drug-likeness (QED) is 0.655. The Balaban J connectivity index is 2.13. The number of halogens is 1. The van der Waals surface area contributed by atoms with E-state index in [0.717, 1.165) is 22.8 Å². The molecule has 19 heavy (non-hydrogen) atoms. The average Bonchev–Trinajstić information content (AvgIpc) is 2.77. The number of hydrogen-bond acceptors (Lipinski definition) is 1. The van der Waals surface area contributed by atoms with E-state index in [1.54, 1.807) is 0 Å². The minimum Gasteiger partial charge on any atom is -0.334 e. The summed E-state index contributed by atoms with van der Waals surface area (Å²) in [6.07, 6.45) is 0.886. The van der Waals surface area contributed by atoms with Crippen molar-refractivity contribution >= 4 is 28.8 Å². The van der Waals surface area contributed by atoms with Gasteiger partial charge >= 0.3 is 0 Å². The standard InChI is InChI=1S/C16H12ClNO/c17-14-6-7-16-13(8-14)9-15(11-19)18(16)10-12-4-2-1-3-5-12/h1-9,11H,10H2. The molecule has 0 fully saturated rings. The third kappa shape index (κ3) is 2.27. The molecule has 3 aromatic rings. The van der Waals surface area contributed by atoms with Crippen LogP contribution in [0.4, 0.5) is 0 Å². The molecule has 1 aromatic heterocycles. The number of carbonyl (C=O) groups is 1. The Hall–Kier alpha value is -2.06. The number of aldehydes is 1. The SMILES string of the molecule is O=Cc1cc2cc(Cl)ccc2n1Cc1ccccc1. The molecule has 0 N–H and O–H groups in total. The Morgan fingerprint density at radius 2 is 1.84 bits per heavy atom. The van der Waals surface area contributed by atoms with Gasteiger partial charge in [0, 0.05) is 22.5 Å². The Kier molecular flexibility index (Phi) is 3.10. The predicted molar refractivity (Wildman–Crippen MR) is 77.9 cm³/mol. The van der Waals surface area contributed by atoms with Crippen molar-refractivity contribution < 1.29 is 4.79 Å². The monoisotopic (exact) mass is 269 g/mol. The number of fused-ring (bicyclic) bond motifs is 1. The molecular weight excluding hydrogens is 258 g/mol. The van der Waals surface area contributed by atoms with Gasteiger partial charge in [-0.1, -0.05) is 41.9 Å². The summed E-state index contributed by atoms with van der Waals surface area (Å²) in [5, 5.41) is 1.67. The molecule has 0 radical (unpaired) electrons. The molecule has 3 rings (SSSR count). The van der Waals surface area contributed by atoms with Gasteiger partial charge in [0.15, 0.2) is 6.29 Å². The van der Waals surface area contributed by atoms with Gasteiger partial charge in [-0.2, -0.15) is 0 Å². The zero-order valence-electron chi connectivity index (χ0n) is 10.2. The van der Waals surface area contributed by atoms with Crippen molar-refractivity contribution in [3.63, 3.8) is 0 Å². The first-order valence-electron chi connectivity index (χ1n) is 6.06. The second-order valence-corrected chi connectivity index (χ2v) is 4.90. The lowest BCUT2D eigenvalue weighted by molar-refractivity contribution is 0.111. The normalized spacial score (nSPS) is 10.8. The van der Waals surface area contributed by atoms with E-state index in [1.807, 2.05) is 47.0 Å². The van der Waals surface area contributed by atoms with Gasteiger partial charge in [0.25, 0.3) is 0 Å². The molecule has 0 saturated heterocycles. The third-order valence-corrected chi connectivity index (χ3v) is 3.43. The van der Waals surface area contributed by atoms with E-state index >= 15 is 0 Å². The highest BCUT2D eigenvalue weighted by atomic mass is 35.5. The summed E-state index contributed by atoms with van der Waals surface area (Å²) in [5.41, 5.74) is 2.86. The van der Waals surface area contributed by atoms with Crippen LogP contribution in [0.5, 0.6) is 0 Å². The van der Waals surface area contributed by atoms with Crippen LogP contribution in [-0.2, 0) is 6.54 Å². The van der Waals surface area contributed by atoms with Gasteiger partial charge in [-0.3, -0.25) is 4.79 Å². The molecule has 2 nitrogen and oxygen atoms in total. The lowest BCUT2D eigenvalue weighted by Gasteiger charge is -2.07. The van der Waals surface area contributed by atoms with Gasteiger partial charge in [-0.15, -0.1) is 0 Å². The summed E-state index contributed by atoms with van der Waals surface area (Å²) in [6.45, 7) is 0.681. The number of carbonyl (C=O) groups excluding carboxylic acids is 1. The zero-order chi connectivity index (χ0) is 13.2. The summed E-state index contributed by atoms with van der Waals surface area (Å²) in [6, 6.07) is 17.6. The third-order valence-electron chi connectivity index (χ3n) is 3.20.